The van der Waals surface area contributed by atoms with Crippen LogP contribution in [0.3, 0.4) is 0 Å². The molecule has 3 rings (SSSR count). The molecule has 198 valence electrons. The van der Waals surface area contributed by atoms with Gasteiger partial charge in [0.2, 0.25) is 5.91 Å². The van der Waals surface area contributed by atoms with Crippen LogP contribution in [0.25, 0.3) is 0 Å². The maximum Gasteiger partial charge on any atom is 0.490 e. The van der Waals surface area contributed by atoms with Gasteiger partial charge in [0.25, 0.3) is 0 Å². The molecule has 1 amide bonds. The Morgan fingerprint density at radius 3 is 2.11 bits per heavy atom. The normalized spacial score (nSPS) is 20.2. The highest BCUT2D eigenvalue weighted by molar-refractivity contribution is 5.80. The first kappa shape index (κ1) is 30.1. The van der Waals surface area contributed by atoms with E-state index in [4.69, 9.17) is 24.5 Å². The maximum absolute atomic E-state index is 12.5. The van der Waals surface area contributed by atoms with Crippen molar-refractivity contribution >= 4 is 17.8 Å². The average Bonchev–Trinajstić information content (AvgIpc) is 3.17. The van der Waals surface area contributed by atoms with E-state index in [0.717, 1.165) is 44.8 Å². The lowest BCUT2D eigenvalue weighted by Gasteiger charge is -2.33. The zero-order valence-corrected chi connectivity index (χ0v) is 18.6. The van der Waals surface area contributed by atoms with Gasteiger partial charge in [0, 0.05) is 46.0 Å². The number of halogens is 6. The second-order valence-electron chi connectivity index (χ2n) is 7.59. The van der Waals surface area contributed by atoms with Crippen molar-refractivity contribution in [2.24, 2.45) is 11.8 Å². The third-order valence-corrected chi connectivity index (χ3v) is 5.08. The SMILES string of the molecule is COCCN1CC[C@H]2CN(Cc3ccccn3)C[C@@H]2C1=O.O=C(O)C(F)(F)F.O=C(O)C(F)(F)F. The summed E-state index contributed by atoms with van der Waals surface area (Å²) in [5.74, 6) is -4.52. The quantitative estimate of drug-likeness (QED) is 0.571. The summed E-state index contributed by atoms with van der Waals surface area (Å²) in [6.07, 6.45) is -7.23. The third kappa shape index (κ3) is 10.5. The largest absolute Gasteiger partial charge is 0.490 e. The number of pyridine rings is 1. The van der Waals surface area contributed by atoms with E-state index in [-0.39, 0.29) is 5.92 Å². The minimum Gasteiger partial charge on any atom is -0.475 e. The van der Waals surface area contributed by atoms with Crippen molar-refractivity contribution in [3.63, 3.8) is 0 Å². The van der Waals surface area contributed by atoms with Crippen molar-refractivity contribution in [1.29, 1.82) is 0 Å². The average molecular weight is 517 g/mol. The van der Waals surface area contributed by atoms with Crippen LogP contribution >= 0.6 is 0 Å². The Labute approximate surface area is 196 Å². The summed E-state index contributed by atoms with van der Waals surface area (Å²) < 4.78 is 68.6. The number of amides is 1. The van der Waals surface area contributed by atoms with E-state index in [0.29, 0.717) is 18.4 Å². The van der Waals surface area contributed by atoms with E-state index < -0.39 is 24.3 Å². The van der Waals surface area contributed by atoms with Crippen LogP contribution in [0.1, 0.15) is 12.1 Å². The molecule has 0 unspecified atom stereocenters. The number of carbonyl (C=O) groups is 3. The Morgan fingerprint density at radius 1 is 1.09 bits per heavy atom. The van der Waals surface area contributed by atoms with Crippen molar-refractivity contribution in [2.45, 2.75) is 25.3 Å². The molecular weight excluding hydrogens is 492 g/mol. The number of piperidine rings is 1. The number of nitrogens with zero attached hydrogens (tertiary/aromatic N) is 3. The van der Waals surface area contributed by atoms with E-state index in [2.05, 4.69) is 16.0 Å². The number of likely N-dealkylation sites (tertiary alicyclic amines) is 2. The zero-order chi connectivity index (χ0) is 26.8. The molecular formula is C20H25F6N3O6. The summed E-state index contributed by atoms with van der Waals surface area (Å²) in [5.41, 5.74) is 1.08. The first-order valence-electron chi connectivity index (χ1n) is 10.2. The fourth-order valence-corrected chi connectivity index (χ4v) is 3.47. The first-order chi connectivity index (χ1) is 16.2. The summed E-state index contributed by atoms with van der Waals surface area (Å²) in [6.45, 7) is 4.95. The van der Waals surface area contributed by atoms with Crippen molar-refractivity contribution < 1.29 is 55.7 Å². The molecule has 0 saturated carbocycles. The molecule has 0 spiro atoms. The van der Waals surface area contributed by atoms with Gasteiger partial charge in [0.05, 0.1) is 18.2 Å². The summed E-state index contributed by atoms with van der Waals surface area (Å²) in [4.78, 5) is 39.0. The molecule has 2 atom stereocenters. The van der Waals surface area contributed by atoms with Gasteiger partial charge in [-0.15, -0.1) is 0 Å². The van der Waals surface area contributed by atoms with Gasteiger partial charge in [-0.1, -0.05) is 6.07 Å². The number of methoxy groups -OCH3 is 1. The smallest absolute Gasteiger partial charge is 0.475 e. The van der Waals surface area contributed by atoms with Gasteiger partial charge in [-0.2, -0.15) is 26.3 Å². The van der Waals surface area contributed by atoms with E-state index >= 15 is 0 Å². The van der Waals surface area contributed by atoms with Crippen molar-refractivity contribution in [3.05, 3.63) is 30.1 Å². The number of carbonyl (C=O) groups excluding carboxylic acids is 1. The number of hydrogen-bond acceptors (Lipinski definition) is 6. The van der Waals surface area contributed by atoms with Crippen molar-refractivity contribution in [1.82, 2.24) is 14.8 Å². The van der Waals surface area contributed by atoms with Gasteiger partial charge in [-0.3, -0.25) is 14.7 Å². The van der Waals surface area contributed by atoms with Gasteiger partial charge in [-0.05, 0) is 24.5 Å². The minimum atomic E-state index is -5.08. The molecule has 1 aromatic rings. The molecule has 1 aromatic heterocycles. The molecule has 2 N–H and O–H groups in total. The summed E-state index contributed by atoms with van der Waals surface area (Å²) in [5, 5.41) is 14.2. The monoisotopic (exact) mass is 517 g/mol. The Bertz CT molecular complexity index is 813. The molecule has 35 heavy (non-hydrogen) atoms. The molecule has 0 radical (unpaired) electrons. The highest BCUT2D eigenvalue weighted by Crippen LogP contribution is 2.32. The van der Waals surface area contributed by atoms with Crippen LogP contribution < -0.4 is 0 Å². The van der Waals surface area contributed by atoms with Crippen LogP contribution in [0.2, 0.25) is 0 Å². The van der Waals surface area contributed by atoms with Gasteiger partial charge < -0.3 is 19.8 Å². The Morgan fingerprint density at radius 2 is 1.66 bits per heavy atom. The molecule has 0 bridgehead atoms. The van der Waals surface area contributed by atoms with Crippen LogP contribution in [0.5, 0.6) is 0 Å². The molecule has 0 aromatic carbocycles. The summed E-state index contributed by atoms with van der Waals surface area (Å²) >= 11 is 0. The fourth-order valence-electron chi connectivity index (χ4n) is 3.47. The zero-order valence-electron chi connectivity index (χ0n) is 18.6. The molecule has 15 heteroatoms. The predicted molar refractivity (Wildman–Crippen MR) is 107 cm³/mol. The first-order valence-corrected chi connectivity index (χ1v) is 10.2. The molecule has 2 fully saturated rings. The highest BCUT2D eigenvalue weighted by Gasteiger charge is 2.42. The second kappa shape index (κ2) is 13.2. The van der Waals surface area contributed by atoms with Crippen LogP contribution in [-0.2, 0) is 25.7 Å². The number of rotatable bonds is 5. The minimum absolute atomic E-state index is 0.166. The van der Waals surface area contributed by atoms with Crippen LogP contribution in [-0.4, -0.2) is 95.1 Å². The van der Waals surface area contributed by atoms with Gasteiger partial charge in [-0.25, -0.2) is 9.59 Å². The van der Waals surface area contributed by atoms with Crippen LogP contribution in [0, 0.1) is 11.8 Å². The van der Waals surface area contributed by atoms with Crippen molar-refractivity contribution in [3.8, 4) is 0 Å². The van der Waals surface area contributed by atoms with Crippen LogP contribution in [0.15, 0.2) is 24.4 Å². The van der Waals surface area contributed by atoms with E-state index in [1.54, 1.807) is 7.11 Å². The topological polar surface area (TPSA) is 120 Å². The van der Waals surface area contributed by atoms with Gasteiger partial charge in [0.15, 0.2) is 0 Å². The molecule has 2 aliphatic heterocycles. The van der Waals surface area contributed by atoms with Gasteiger partial charge >= 0.3 is 24.3 Å². The number of aromatic nitrogens is 1. The number of carboxylic acids is 2. The lowest BCUT2D eigenvalue weighted by Crippen LogP contribution is -2.46. The Kier molecular flexibility index (Phi) is 11.4. The number of alkyl halides is 6. The summed E-state index contributed by atoms with van der Waals surface area (Å²) in [6, 6.07) is 6.00. The maximum atomic E-state index is 12.5. The number of ether oxygens (including phenoxy) is 1. The standard InChI is InChI=1S/C16H23N3O2.2C2HF3O2/c1-21-9-8-19-7-5-13-10-18(12-15(13)16(19)20)11-14-4-2-3-6-17-14;2*3-2(4,5)1(6)7/h2-4,6,13,15H,5,7-12H2,1H3;2*(H,6,7)/t13-,15-;;/m0../s1. The fraction of sp³-hybridized carbons (Fsp3) is 0.600. The van der Waals surface area contributed by atoms with Crippen molar-refractivity contribution in [2.75, 3.05) is 39.9 Å². The Hall–Kier alpha value is -2.94. The van der Waals surface area contributed by atoms with Crippen LogP contribution in [0.4, 0.5) is 26.3 Å². The molecule has 2 aliphatic rings. The number of carboxylic acid groups (broad SMARTS) is 2. The van der Waals surface area contributed by atoms with E-state index in [9.17, 15) is 31.1 Å². The second-order valence-corrected chi connectivity index (χ2v) is 7.59. The third-order valence-electron chi connectivity index (χ3n) is 5.08. The molecule has 9 nitrogen and oxygen atoms in total. The predicted octanol–water partition coefficient (Wildman–Crippen LogP) is 2.27. The van der Waals surface area contributed by atoms with E-state index in [1.165, 1.54) is 0 Å². The number of hydrogen-bond donors (Lipinski definition) is 2. The Balaban J connectivity index is 0.000000362. The molecule has 0 aliphatic carbocycles. The highest BCUT2D eigenvalue weighted by atomic mass is 19.4. The molecule has 3 heterocycles. The van der Waals surface area contributed by atoms with E-state index in [1.807, 2.05) is 23.2 Å². The summed E-state index contributed by atoms with van der Waals surface area (Å²) in [7, 11) is 1.68. The lowest BCUT2D eigenvalue weighted by atomic mass is 9.88. The number of fused-ring (bicyclic) bond motifs is 1. The molecule has 2 saturated heterocycles. The lowest BCUT2D eigenvalue weighted by molar-refractivity contribution is -0.193. The van der Waals surface area contributed by atoms with Gasteiger partial charge in [0.1, 0.15) is 0 Å². The number of aliphatic carboxylic acids is 2.